The molecule has 1 atom stereocenters. The lowest BCUT2D eigenvalue weighted by molar-refractivity contribution is -0.120. The molecule has 4 rings (SSSR count). The SMILES string of the molecule is CN1C(=O)[C@H](NC(=O)n2cc(Cc3ccc(F)cn3)cn2)COc2ccc(C#CC(C)(C)O)cc21. The quantitative estimate of drug-likeness (QED) is 0.560. The minimum Gasteiger partial charge on any atom is -0.489 e. The maximum atomic E-state index is 13.1. The van der Waals surface area contributed by atoms with Gasteiger partial charge in [0, 0.05) is 30.9 Å². The van der Waals surface area contributed by atoms with Crippen molar-refractivity contribution in [1.82, 2.24) is 20.1 Å². The molecule has 0 spiro atoms. The average Bonchev–Trinajstić information content (AvgIpc) is 3.25. The molecular weight excluding hydrogens is 453 g/mol. The summed E-state index contributed by atoms with van der Waals surface area (Å²) in [5.74, 6) is 5.29. The molecule has 0 saturated carbocycles. The van der Waals surface area contributed by atoms with Crippen molar-refractivity contribution < 1.29 is 23.8 Å². The number of benzene rings is 1. The number of aromatic nitrogens is 3. The molecule has 0 bridgehead atoms. The second-order valence-corrected chi connectivity index (χ2v) is 8.64. The zero-order valence-corrected chi connectivity index (χ0v) is 19.4. The Hall–Kier alpha value is -4.23. The fourth-order valence-electron chi connectivity index (χ4n) is 3.40. The number of amides is 2. The van der Waals surface area contributed by atoms with Crippen molar-refractivity contribution in [3.8, 4) is 17.6 Å². The second kappa shape index (κ2) is 9.56. The molecule has 2 N–H and O–H groups in total. The molecule has 2 aromatic heterocycles. The lowest BCUT2D eigenvalue weighted by Gasteiger charge is -2.20. The summed E-state index contributed by atoms with van der Waals surface area (Å²) in [4.78, 5) is 31.2. The van der Waals surface area contributed by atoms with Gasteiger partial charge in [-0.15, -0.1) is 0 Å². The molecule has 180 valence electrons. The number of anilines is 1. The number of carbonyl (C=O) groups excluding carboxylic acids is 2. The molecule has 0 saturated heterocycles. The van der Waals surface area contributed by atoms with Crippen molar-refractivity contribution in [2.75, 3.05) is 18.6 Å². The average molecular weight is 477 g/mol. The normalized spacial score (nSPS) is 15.4. The third-order valence-corrected chi connectivity index (χ3v) is 5.18. The van der Waals surface area contributed by atoms with E-state index in [2.05, 4.69) is 27.2 Å². The largest absolute Gasteiger partial charge is 0.489 e. The smallest absolute Gasteiger partial charge is 0.342 e. The van der Waals surface area contributed by atoms with Crippen molar-refractivity contribution in [3.63, 3.8) is 0 Å². The highest BCUT2D eigenvalue weighted by Crippen LogP contribution is 2.31. The first-order valence-electron chi connectivity index (χ1n) is 10.8. The molecule has 0 fully saturated rings. The molecule has 1 aliphatic rings. The van der Waals surface area contributed by atoms with Crippen LogP contribution in [0.5, 0.6) is 5.75 Å². The van der Waals surface area contributed by atoms with Crippen LogP contribution in [0.2, 0.25) is 0 Å². The van der Waals surface area contributed by atoms with Crippen LogP contribution in [0.1, 0.15) is 30.7 Å². The molecule has 0 aliphatic carbocycles. The van der Waals surface area contributed by atoms with Gasteiger partial charge in [0.05, 0.1) is 18.1 Å². The van der Waals surface area contributed by atoms with Crippen molar-refractivity contribution >= 4 is 17.6 Å². The lowest BCUT2D eigenvalue weighted by atomic mass is 10.1. The molecule has 3 aromatic rings. The molecule has 35 heavy (non-hydrogen) atoms. The van der Waals surface area contributed by atoms with Gasteiger partial charge in [0.1, 0.15) is 29.8 Å². The predicted molar refractivity (Wildman–Crippen MR) is 125 cm³/mol. The van der Waals surface area contributed by atoms with Crippen molar-refractivity contribution in [2.45, 2.75) is 31.9 Å². The van der Waals surface area contributed by atoms with E-state index in [1.165, 1.54) is 23.4 Å². The summed E-state index contributed by atoms with van der Waals surface area (Å²) >= 11 is 0. The van der Waals surface area contributed by atoms with Crippen LogP contribution < -0.4 is 15.0 Å². The van der Waals surface area contributed by atoms with Crippen LogP contribution in [0.25, 0.3) is 0 Å². The summed E-state index contributed by atoms with van der Waals surface area (Å²) in [6.07, 6.45) is 4.53. The van der Waals surface area contributed by atoms with Crippen LogP contribution in [-0.4, -0.2) is 57.1 Å². The number of nitrogens with zero attached hydrogens (tertiary/aromatic N) is 4. The van der Waals surface area contributed by atoms with E-state index < -0.39 is 23.5 Å². The van der Waals surface area contributed by atoms with E-state index in [1.54, 1.807) is 45.2 Å². The number of pyridine rings is 1. The fraction of sp³-hybridized carbons (Fsp3) is 0.280. The summed E-state index contributed by atoms with van der Waals surface area (Å²) in [6.45, 7) is 3.10. The molecule has 1 aliphatic heterocycles. The van der Waals surface area contributed by atoms with E-state index in [1.807, 2.05) is 0 Å². The lowest BCUT2D eigenvalue weighted by Crippen LogP contribution is -2.50. The number of fused-ring (bicyclic) bond motifs is 1. The van der Waals surface area contributed by atoms with E-state index in [9.17, 15) is 19.1 Å². The summed E-state index contributed by atoms with van der Waals surface area (Å²) in [7, 11) is 1.59. The van der Waals surface area contributed by atoms with Crippen LogP contribution in [0.15, 0.2) is 48.9 Å². The van der Waals surface area contributed by atoms with Gasteiger partial charge in [0.15, 0.2) is 0 Å². The van der Waals surface area contributed by atoms with Gasteiger partial charge >= 0.3 is 6.03 Å². The highest BCUT2D eigenvalue weighted by atomic mass is 19.1. The third-order valence-electron chi connectivity index (χ3n) is 5.18. The number of aliphatic hydroxyl groups is 1. The fourth-order valence-corrected chi connectivity index (χ4v) is 3.40. The number of hydrogen-bond acceptors (Lipinski definition) is 6. The molecule has 0 radical (unpaired) electrons. The summed E-state index contributed by atoms with van der Waals surface area (Å²) < 4.78 is 19.9. The van der Waals surface area contributed by atoms with Gasteiger partial charge in [0.2, 0.25) is 0 Å². The van der Waals surface area contributed by atoms with Crippen LogP contribution >= 0.6 is 0 Å². The number of halogens is 1. The Labute approximate surface area is 201 Å². The summed E-state index contributed by atoms with van der Waals surface area (Å²) in [6, 6.07) is 6.45. The Morgan fingerprint density at radius 2 is 2.11 bits per heavy atom. The first-order chi connectivity index (χ1) is 16.6. The van der Waals surface area contributed by atoms with E-state index in [0.29, 0.717) is 34.7 Å². The number of nitrogens with one attached hydrogen (secondary N) is 1. The maximum Gasteiger partial charge on any atom is 0.342 e. The zero-order valence-electron chi connectivity index (χ0n) is 19.4. The minimum absolute atomic E-state index is 0.0652. The Morgan fingerprint density at radius 3 is 2.83 bits per heavy atom. The van der Waals surface area contributed by atoms with Crippen LogP contribution in [0.4, 0.5) is 14.9 Å². The third kappa shape index (κ3) is 5.83. The van der Waals surface area contributed by atoms with Crippen molar-refractivity contribution in [2.24, 2.45) is 0 Å². The first kappa shape index (κ1) is 23.9. The maximum absolute atomic E-state index is 13.1. The van der Waals surface area contributed by atoms with Gasteiger partial charge < -0.3 is 20.1 Å². The van der Waals surface area contributed by atoms with Crippen molar-refractivity contribution in [1.29, 1.82) is 0 Å². The molecule has 10 heteroatoms. The van der Waals surface area contributed by atoms with E-state index in [0.717, 1.165) is 10.9 Å². The molecule has 0 unspecified atom stereocenters. The molecule has 2 amide bonds. The first-order valence-corrected chi connectivity index (χ1v) is 10.8. The molecule has 9 nitrogen and oxygen atoms in total. The number of ether oxygens (including phenoxy) is 1. The van der Waals surface area contributed by atoms with E-state index in [-0.39, 0.29) is 12.5 Å². The monoisotopic (exact) mass is 477 g/mol. The van der Waals surface area contributed by atoms with E-state index >= 15 is 0 Å². The number of carbonyl (C=O) groups is 2. The molecule has 3 heterocycles. The van der Waals surface area contributed by atoms with Crippen LogP contribution in [0, 0.1) is 17.7 Å². The van der Waals surface area contributed by atoms with Crippen molar-refractivity contribution in [3.05, 3.63) is 71.6 Å². The highest BCUT2D eigenvalue weighted by molar-refractivity contribution is 6.00. The number of hydrogen-bond donors (Lipinski definition) is 2. The van der Waals surface area contributed by atoms with Gasteiger partial charge in [-0.2, -0.15) is 9.78 Å². The zero-order chi connectivity index (χ0) is 25.2. The Morgan fingerprint density at radius 1 is 1.31 bits per heavy atom. The van der Waals surface area contributed by atoms with Gasteiger partial charge in [-0.25, -0.2) is 9.18 Å². The summed E-state index contributed by atoms with van der Waals surface area (Å²) in [5.41, 5.74) is 1.29. The number of likely N-dealkylation sites (N-methyl/N-ethyl adjacent to an activating group) is 1. The standard InChI is InChI=1S/C25H24FN5O4/c1-25(2,34)9-8-16-4-7-22-21(11-16)30(3)23(32)20(15-35-22)29-24(33)31-14-17(12-28-31)10-19-6-5-18(26)13-27-19/h4-7,11-14,20,34H,10,15H2,1-3H3,(H,29,33)/t20-/m1/s1. The summed E-state index contributed by atoms with van der Waals surface area (Å²) in [5, 5.41) is 16.5. The van der Waals surface area contributed by atoms with Gasteiger partial charge in [-0.05, 0) is 49.7 Å². The number of rotatable bonds is 3. The Balaban J connectivity index is 1.45. The molecule has 1 aromatic carbocycles. The minimum atomic E-state index is -1.15. The van der Waals surface area contributed by atoms with Gasteiger partial charge in [0.25, 0.3) is 5.91 Å². The molecular formula is C25H24FN5O4. The van der Waals surface area contributed by atoms with Gasteiger partial charge in [-0.3, -0.25) is 9.78 Å². The predicted octanol–water partition coefficient (Wildman–Crippen LogP) is 2.11. The highest BCUT2D eigenvalue weighted by Gasteiger charge is 2.31. The topological polar surface area (TPSA) is 110 Å². The second-order valence-electron chi connectivity index (χ2n) is 8.64. The van der Waals surface area contributed by atoms with Crippen LogP contribution in [0.3, 0.4) is 0 Å². The Bertz CT molecular complexity index is 1320. The van der Waals surface area contributed by atoms with Crippen LogP contribution in [-0.2, 0) is 11.2 Å². The van der Waals surface area contributed by atoms with Gasteiger partial charge in [-0.1, -0.05) is 11.8 Å². The van der Waals surface area contributed by atoms with E-state index in [4.69, 9.17) is 4.74 Å². The Kier molecular flexibility index (Phi) is 6.53.